The number of carbonyl (C=O) groups excluding carboxylic acids is 1. The number of anilines is 1. The molecule has 2 rings (SSSR count). The Labute approximate surface area is 153 Å². The summed E-state index contributed by atoms with van der Waals surface area (Å²) in [5, 5.41) is 16.5. The minimum Gasteiger partial charge on any atom is -0.319 e. The number of hydrogen-bond donors (Lipinski definition) is 2. The van der Waals surface area contributed by atoms with E-state index in [9.17, 15) is 19.3 Å². The molecule has 1 atom stereocenters. The monoisotopic (exact) mass is 385 g/mol. The van der Waals surface area contributed by atoms with Crippen LogP contribution in [0.3, 0.4) is 0 Å². The van der Waals surface area contributed by atoms with Gasteiger partial charge in [0.25, 0.3) is 5.69 Å². The number of nitrogens with zero attached hydrogens (tertiary/aromatic N) is 1. The fraction of sp³-hybridized carbons (Fsp3) is 0.188. The summed E-state index contributed by atoms with van der Waals surface area (Å²) in [5.41, 5.74) is 0.344. The van der Waals surface area contributed by atoms with Crippen LogP contribution in [0.15, 0.2) is 36.4 Å². The molecule has 0 fully saturated rings. The summed E-state index contributed by atoms with van der Waals surface area (Å²) in [7, 11) is 0. The lowest BCUT2D eigenvalue weighted by atomic mass is 10.1. The fourth-order valence-corrected chi connectivity index (χ4v) is 2.71. The van der Waals surface area contributed by atoms with Gasteiger partial charge in [-0.05, 0) is 30.7 Å². The second-order valence-electron chi connectivity index (χ2n) is 5.21. The first-order valence-electron chi connectivity index (χ1n) is 7.20. The van der Waals surface area contributed by atoms with Crippen molar-refractivity contribution >= 4 is 40.5 Å². The van der Waals surface area contributed by atoms with E-state index >= 15 is 0 Å². The second kappa shape index (κ2) is 8.24. The lowest BCUT2D eigenvalue weighted by Crippen LogP contribution is -2.30. The van der Waals surface area contributed by atoms with Crippen LogP contribution >= 0.6 is 23.2 Å². The van der Waals surface area contributed by atoms with E-state index in [0.29, 0.717) is 5.56 Å². The first-order valence-corrected chi connectivity index (χ1v) is 7.96. The number of halogens is 3. The van der Waals surface area contributed by atoms with Gasteiger partial charge in [-0.2, -0.15) is 0 Å². The van der Waals surface area contributed by atoms with Crippen molar-refractivity contribution in [3.63, 3.8) is 0 Å². The van der Waals surface area contributed by atoms with Crippen LogP contribution in [-0.2, 0) is 4.79 Å². The van der Waals surface area contributed by atoms with Crippen molar-refractivity contribution in [1.82, 2.24) is 5.32 Å². The van der Waals surface area contributed by atoms with Gasteiger partial charge >= 0.3 is 0 Å². The predicted octanol–water partition coefficient (Wildman–Crippen LogP) is 4.33. The maximum Gasteiger partial charge on any atom is 0.292 e. The standard InChI is InChI=1S/C16H14Cl2FN3O3/c1-9(10-6-13(19)12(18)7-11(10)17)20-8-16(23)21-14-4-2-3-5-15(14)22(24)25/h2-7,9,20H,8H2,1H3,(H,21,23)/t9-/m0/s1. The van der Waals surface area contributed by atoms with E-state index in [1.165, 1.54) is 30.3 Å². The molecule has 2 aromatic carbocycles. The summed E-state index contributed by atoms with van der Waals surface area (Å²) in [6, 6.07) is 7.87. The minimum absolute atomic E-state index is 0.0879. The first kappa shape index (κ1) is 19.1. The first-order chi connectivity index (χ1) is 11.8. The lowest BCUT2D eigenvalue weighted by Gasteiger charge is -2.16. The maximum atomic E-state index is 13.6. The molecule has 0 heterocycles. The van der Waals surface area contributed by atoms with E-state index in [0.717, 1.165) is 0 Å². The molecule has 0 aromatic heterocycles. The Kier molecular flexibility index (Phi) is 6.30. The van der Waals surface area contributed by atoms with Gasteiger partial charge in [0.2, 0.25) is 5.91 Å². The number of para-hydroxylation sites is 2. The highest BCUT2D eigenvalue weighted by Gasteiger charge is 2.17. The zero-order valence-electron chi connectivity index (χ0n) is 13.1. The lowest BCUT2D eigenvalue weighted by molar-refractivity contribution is -0.383. The Bertz CT molecular complexity index is 817. The summed E-state index contributed by atoms with van der Waals surface area (Å²) >= 11 is 11.7. The normalized spacial score (nSPS) is 11.8. The Morgan fingerprint density at radius 1 is 1.28 bits per heavy atom. The van der Waals surface area contributed by atoms with E-state index in [-0.39, 0.29) is 28.0 Å². The zero-order chi connectivity index (χ0) is 18.6. The van der Waals surface area contributed by atoms with Crippen molar-refractivity contribution in [2.24, 2.45) is 0 Å². The van der Waals surface area contributed by atoms with E-state index in [4.69, 9.17) is 23.2 Å². The topological polar surface area (TPSA) is 84.3 Å². The van der Waals surface area contributed by atoms with Crippen LogP contribution in [-0.4, -0.2) is 17.4 Å². The van der Waals surface area contributed by atoms with Crippen LogP contribution in [0.5, 0.6) is 0 Å². The Balaban J connectivity index is 2.01. The van der Waals surface area contributed by atoms with Crippen LogP contribution in [0.25, 0.3) is 0 Å². The van der Waals surface area contributed by atoms with Crippen LogP contribution in [0.1, 0.15) is 18.5 Å². The molecule has 0 aliphatic rings. The van der Waals surface area contributed by atoms with Crippen molar-refractivity contribution in [1.29, 1.82) is 0 Å². The summed E-state index contributed by atoms with van der Waals surface area (Å²) in [4.78, 5) is 22.4. The number of nitrogens with one attached hydrogen (secondary N) is 2. The van der Waals surface area contributed by atoms with E-state index < -0.39 is 22.7 Å². The van der Waals surface area contributed by atoms with Crippen molar-refractivity contribution < 1.29 is 14.1 Å². The second-order valence-corrected chi connectivity index (χ2v) is 6.03. The molecule has 2 N–H and O–H groups in total. The molecule has 25 heavy (non-hydrogen) atoms. The molecule has 0 spiro atoms. The van der Waals surface area contributed by atoms with Crippen molar-refractivity contribution in [3.05, 3.63) is 67.9 Å². The number of benzene rings is 2. The minimum atomic E-state index is -0.612. The molecular weight excluding hydrogens is 372 g/mol. The largest absolute Gasteiger partial charge is 0.319 e. The highest BCUT2D eigenvalue weighted by atomic mass is 35.5. The molecule has 0 saturated carbocycles. The average molecular weight is 386 g/mol. The number of rotatable bonds is 6. The fourth-order valence-electron chi connectivity index (χ4n) is 2.16. The molecule has 6 nitrogen and oxygen atoms in total. The summed E-state index contributed by atoms with van der Waals surface area (Å²) < 4.78 is 13.6. The van der Waals surface area contributed by atoms with Gasteiger partial charge in [-0.3, -0.25) is 14.9 Å². The SMILES string of the molecule is C[C@H](NCC(=O)Nc1ccccc1[N+](=O)[O-])c1cc(F)c(Cl)cc1Cl. The smallest absolute Gasteiger partial charge is 0.292 e. The van der Waals surface area contributed by atoms with Gasteiger partial charge in [0, 0.05) is 17.1 Å². The molecule has 0 radical (unpaired) electrons. The highest BCUT2D eigenvalue weighted by molar-refractivity contribution is 6.35. The quantitative estimate of drug-likeness (QED) is 0.440. The third-order valence-corrected chi connectivity index (χ3v) is 4.07. The van der Waals surface area contributed by atoms with Crippen molar-refractivity contribution in [2.45, 2.75) is 13.0 Å². The maximum absolute atomic E-state index is 13.6. The van der Waals surface area contributed by atoms with Gasteiger partial charge < -0.3 is 10.6 Å². The highest BCUT2D eigenvalue weighted by Crippen LogP contribution is 2.28. The third kappa shape index (κ3) is 4.88. The summed E-state index contributed by atoms with van der Waals surface area (Å²) in [6.45, 7) is 1.56. The van der Waals surface area contributed by atoms with Crippen LogP contribution in [0, 0.1) is 15.9 Å². The molecule has 0 unspecified atom stereocenters. The van der Waals surface area contributed by atoms with Gasteiger partial charge in [-0.25, -0.2) is 4.39 Å². The van der Waals surface area contributed by atoms with Crippen molar-refractivity contribution in [2.75, 3.05) is 11.9 Å². The van der Waals surface area contributed by atoms with Crippen LogP contribution < -0.4 is 10.6 Å². The number of amides is 1. The molecule has 0 bridgehead atoms. The van der Waals surface area contributed by atoms with E-state index in [1.54, 1.807) is 13.0 Å². The van der Waals surface area contributed by atoms with Gasteiger partial charge in [-0.1, -0.05) is 35.3 Å². The number of hydrogen-bond acceptors (Lipinski definition) is 4. The van der Waals surface area contributed by atoms with Gasteiger partial charge in [-0.15, -0.1) is 0 Å². The summed E-state index contributed by atoms with van der Waals surface area (Å²) in [6.07, 6.45) is 0. The molecule has 0 aliphatic carbocycles. The van der Waals surface area contributed by atoms with E-state index in [1.807, 2.05) is 0 Å². The Morgan fingerprint density at radius 2 is 1.96 bits per heavy atom. The average Bonchev–Trinajstić information content (AvgIpc) is 2.56. The summed E-state index contributed by atoms with van der Waals surface area (Å²) in [5.74, 6) is -1.09. The van der Waals surface area contributed by atoms with E-state index in [2.05, 4.69) is 10.6 Å². The van der Waals surface area contributed by atoms with Gasteiger partial charge in [0.15, 0.2) is 0 Å². The van der Waals surface area contributed by atoms with Gasteiger partial charge in [0.05, 0.1) is 16.5 Å². The van der Waals surface area contributed by atoms with Crippen LogP contribution in [0.4, 0.5) is 15.8 Å². The molecule has 0 saturated heterocycles. The number of nitro benzene ring substituents is 1. The predicted molar refractivity (Wildman–Crippen MR) is 94.6 cm³/mol. The van der Waals surface area contributed by atoms with Crippen LogP contribution in [0.2, 0.25) is 10.0 Å². The third-order valence-electron chi connectivity index (χ3n) is 3.45. The molecule has 2 aromatic rings. The molecule has 132 valence electrons. The molecule has 0 aliphatic heterocycles. The molecular formula is C16H14Cl2FN3O3. The number of carbonyl (C=O) groups is 1. The molecule has 1 amide bonds. The zero-order valence-corrected chi connectivity index (χ0v) is 14.6. The van der Waals surface area contributed by atoms with Crippen molar-refractivity contribution in [3.8, 4) is 0 Å². The Morgan fingerprint density at radius 3 is 2.64 bits per heavy atom. The van der Waals surface area contributed by atoms with Gasteiger partial charge in [0.1, 0.15) is 11.5 Å². The Hall–Kier alpha value is -2.22. The number of nitro groups is 1. The molecule has 9 heteroatoms.